The number of fused-ring (bicyclic) bond motifs is 1. The summed E-state index contributed by atoms with van der Waals surface area (Å²) in [7, 11) is 1.97. The summed E-state index contributed by atoms with van der Waals surface area (Å²) in [6.45, 7) is 0. The summed E-state index contributed by atoms with van der Waals surface area (Å²) < 4.78 is 2.05. The van der Waals surface area contributed by atoms with Crippen molar-refractivity contribution in [3.63, 3.8) is 0 Å². The molecule has 0 saturated heterocycles. The first-order chi connectivity index (χ1) is 9.16. The van der Waals surface area contributed by atoms with E-state index in [1.54, 1.807) is 12.1 Å². The molecule has 0 aliphatic carbocycles. The van der Waals surface area contributed by atoms with E-state index in [1.807, 2.05) is 48.0 Å². The first kappa shape index (κ1) is 11.5. The van der Waals surface area contributed by atoms with Crippen molar-refractivity contribution >= 4 is 16.6 Å². The molecule has 3 rings (SSSR count). The quantitative estimate of drug-likeness (QED) is 0.515. The van der Waals surface area contributed by atoms with Gasteiger partial charge in [-0.2, -0.15) is 0 Å². The fraction of sp³-hybridized carbons (Fsp3) is 0.0667. The van der Waals surface area contributed by atoms with Crippen LogP contribution in [-0.2, 0) is 7.05 Å². The van der Waals surface area contributed by atoms with Crippen LogP contribution in [0.1, 0.15) is 0 Å². The molecule has 2 aromatic carbocycles. The third kappa shape index (κ3) is 1.87. The lowest BCUT2D eigenvalue weighted by Crippen LogP contribution is -1.92. The maximum absolute atomic E-state index is 10.8. The number of rotatable bonds is 2. The highest BCUT2D eigenvalue weighted by Crippen LogP contribution is 2.29. The van der Waals surface area contributed by atoms with Gasteiger partial charge in [0, 0.05) is 41.3 Å². The Morgan fingerprint density at radius 1 is 1.05 bits per heavy atom. The third-order valence-electron chi connectivity index (χ3n) is 3.30. The van der Waals surface area contributed by atoms with Gasteiger partial charge in [0.15, 0.2) is 0 Å². The largest absolute Gasteiger partial charge is 0.344 e. The average Bonchev–Trinajstić information content (AvgIpc) is 2.77. The topological polar surface area (TPSA) is 48.1 Å². The molecule has 0 N–H and O–H groups in total. The molecule has 1 aromatic heterocycles. The van der Waals surface area contributed by atoms with Gasteiger partial charge in [0.1, 0.15) is 0 Å². The van der Waals surface area contributed by atoms with E-state index in [0.29, 0.717) is 0 Å². The van der Waals surface area contributed by atoms with Crippen molar-refractivity contribution < 1.29 is 4.92 Å². The number of nitro groups is 1. The second kappa shape index (κ2) is 4.24. The maximum atomic E-state index is 10.8. The summed E-state index contributed by atoms with van der Waals surface area (Å²) in [5.41, 5.74) is 3.06. The fourth-order valence-corrected chi connectivity index (χ4v) is 2.34. The number of benzene rings is 2. The summed E-state index contributed by atoms with van der Waals surface area (Å²) >= 11 is 0. The molecule has 0 fully saturated rings. The minimum atomic E-state index is -0.369. The highest BCUT2D eigenvalue weighted by Gasteiger charge is 2.11. The fourth-order valence-electron chi connectivity index (χ4n) is 2.34. The number of aryl methyl sites for hydroxylation is 1. The van der Waals surface area contributed by atoms with Gasteiger partial charge < -0.3 is 4.57 Å². The highest BCUT2D eigenvalue weighted by molar-refractivity contribution is 5.87. The summed E-state index contributed by atoms with van der Waals surface area (Å²) in [6, 6.07) is 16.8. The zero-order chi connectivity index (χ0) is 13.4. The lowest BCUT2D eigenvalue weighted by molar-refractivity contribution is -0.384. The van der Waals surface area contributed by atoms with Crippen LogP contribution in [-0.4, -0.2) is 9.49 Å². The predicted octanol–water partition coefficient (Wildman–Crippen LogP) is 3.75. The predicted molar refractivity (Wildman–Crippen MR) is 75.0 cm³/mol. The van der Waals surface area contributed by atoms with E-state index >= 15 is 0 Å². The van der Waals surface area contributed by atoms with Crippen molar-refractivity contribution in [3.05, 3.63) is 64.7 Å². The third-order valence-corrected chi connectivity index (χ3v) is 3.30. The van der Waals surface area contributed by atoms with Crippen molar-refractivity contribution in [1.82, 2.24) is 4.57 Å². The summed E-state index contributed by atoms with van der Waals surface area (Å²) in [5.74, 6) is 0. The van der Waals surface area contributed by atoms with Gasteiger partial charge in [-0.05, 0) is 12.1 Å². The van der Waals surface area contributed by atoms with Gasteiger partial charge in [-0.3, -0.25) is 10.1 Å². The van der Waals surface area contributed by atoms with Gasteiger partial charge in [-0.1, -0.05) is 30.3 Å². The van der Waals surface area contributed by atoms with Crippen molar-refractivity contribution in [3.8, 4) is 11.3 Å². The lowest BCUT2D eigenvalue weighted by atomic mass is 10.1. The SMILES string of the molecule is Cn1c(-c2cccc([N+](=O)[O-])c2)cc2ccccc21. The maximum Gasteiger partial charge on any atom is 0.270 e. The minimum Gasteiger partial charge on any atom is -0.344 e. The van der Waals surface area contributed by atoms with Crippen LogP contribution < -0.4 is 0 Å². The number of nitrogens with zero attached hydrogens (tertiary/aromatic N) is 2. The Hall–Kier alpha value is -2.62. The van der Waals surface area contributed by atoms with Gasteiger partial charge in [0.2, 0.25) is 0 Å². The van der Waals surface area contributed by atoms with Crippen molar-refractivity contribution in [2.75, 3.05) is 0 Å². The van der Waals surface area contributed by atoms with Crippen molar-refractivity contribution in [2.24, 2.45) is 7.05 Å². The molecule has 0 spiro atoms. The van der Waals surface area contributed by atoms with E-state index in [1.165, 1.54) is 6.07 Å². The minimum absolute atomic E-state index is 0.114. The lowest BCUT2D eigenvalue weighted by Gasteiger charge is -2.04. The molecule has 3 aromatic rings. The molecule has 0 atom stereocenters. The molecule has 4 heteroatoms. The smallest absolute Gasteiger partial charge is 0.270 e. The van der Waals surface area contributed by atoms with Gasteiger partial charge in [-0.15, -0.1) is 0 Å². The Kier molecular flexibility index (Phi) is 2.56. The molecular weight excluding hydrogens is 240 g/mol. The molecule has 0 aliphatic rings. The van der Waals surface area contributed by atoms with E-state index in [2.05, 4.69) is 0 Å². The molecular formula is C15H12N2O2. The summed E-state index contributed by atoms with van der Waals surface area (Å²) in [6.07, 6.45) is 0. The van der Waals surface area contributed by atoms with Gasteiger partial charge in [0.05, 0.1) is 4.92 Å². The number of nitro benzene ring substituents is 1. The molecule has 1 heterocycles. The van der Waals surface area contributed by atoms with Crippen LogP contribution in [0.2, 0.25) is 0 Å². The zero-order valence-corrected chi connectivity index (χ0v) is 10.4. The molecule has 94 valence electrons. The monoisotopic (exact) mass is 252 g/mol. The van der Waals surface area contributed by atoms with E-state index in [9.17, 15) is 10.1 Å². The second-order valence-corrected chi connectivity index (χ2v) is 4.45. The van der Waals surface area contributed by atoms with Gasteiger partial charge >= 0.3 is 0 Å². The van der Waals surface area contributed by atoms with Gasteiger partial charge in [-0.25, -0.2) is 0 Å². The molecule has 0 amide bonds. The van der Waals surface area contributed by atoms with Crippen LogP contribution in [0, 0.1) is 10.1 Å². The zero-order valence-electron chi connectivity index (χ0n) is 10.4. The number of para-hydroxylation sites is 1. The summed E-state index contributed by atoms with van der Waals surface area (Å²) in [5, 5.41) is 12.0. The second-order valence-electron chi connectivity index (χ2n) is 4.45. The molecule has 19 heavy (non-hydrogen) atoms. The van der Waals surface area contributed by atoms with Crippen molar-refractivity contribution in [1.29, 1.82) is 0 Å². The van der Waals surface area contributed by atoms with Gasteiger partial charge in [0.25, 0.3) is 5.69 Å². The van der Waals surface area contributed by atoms with Crippen LogP contribution in [0.4, 0.5) is 5.69 Å². The Balaban J connectivity index is 2.21. The molecule has 0 bridgehead atoms. The normalized spacial score (nSPS) is 10.8. The first-order valence-corrected chi connectivity index (χ1v) is 5.96. The van der Waals surface area contributed by atoms with E-state index in [0.717, 1.165) is 22.2 Å². The molecule has 0 saturated carbocycles. The van der Waals surface area contributed by atoms with Crippen LogP contribution in [0.25, 0.3) is 22.2 Å². The van der Waals surface area contributed by atoms with E-state index in [-0.39, 0.29) is 10.6 Å². The Morgan fingerprint density at radius 3 is 2.58 bits per heavy atom. The Morgan fingerprint density at radius 2 is 1.84 bits per heavy atom. The highest BCUT2D eigenvalue weighted by atomic mass is 16.6. The van der Waals surface area contributed by atoms with E-state index in [4.69, 9.17) is 0 Å². The van der Waals surface area contributed by atoms with Crippen LogP contribution in [0.3, 0.4) is 0 Å². The molecule has 0 aliphatic heterocycles. The molecule has 0 radical (unpaired) electrons. The molecule has 0 unspecified atom stereocenters. The van der Waals surface area contributed by atoms with Crippen LogP contribution in [0.5, 0.6) is 0 Å². The number of non-ortho nitro benzene ring substituents is 1. The molecule has 4 nitrogen and oxygen atoms in total. The van der Waals surface area contributed by atoms with E-state index < -0.39 is 0 Å². The number of aromatic nitrogens is 1. The first-order valence-electron chi connectivity index (χ1n) is 5.96. The Labute approximate surface area is 110 Å². The number of hydrogen-bond acceptors (Lipinski definition) is 2. The van der Waals surface area contributed by atoms with Crippen LogP contribution >= 0.6 is 0 Å². The average molecular weight is 252 g/mol. The number of hydrogen-bond donors (Lipinski definition) is 0. The standard InChI is InChI=1S/C15H12N2O2/c1-16-14-8-3-2-5-12(14)10-15(16)11-6-4-7-13(9-11)17(18)19/h2-10H,1H3. The van der Waals surface area contributed by atoms with Crippen LogP contribution in [0.15, 0.2) is 54.6 Å². The van der Waals surface area contributed by atoms with Crippen molar-refractivity contribution in [2.45, 2.75) is 0 Å². The summed E-state index contributed by atoms with van der Waals surface area (Å²) in [4.78, 5) is 10.5. The Bertz CT molecular complexity index is 775.